The SMILES string of the molecule is Cl.O=C(Nc1nc2ccccc2n1CCCc1ccccc1)C1CNCCO1. The number of fused-ring (bicyclic) bond motifs is 1. The smallest absolute Gasteiger partial charge is 0.257 e. The van der Waals surface area contributed by atoms with Gasteiger partial charge in [-0.05, 0) is 30.5 Å². The molecule has 28 heavy (non-hydrogen) atoms. The average Bonchev–Trinajstić information content (AvgIpc) is 3.07. The first kappa shape index (κ1) is 20.3. The summed E-state index contributed by atoms with van der Waals surface area (Å²) in [5, 5.41) is 6.15. The number of aryl methyl sites for hydroxylation is 2. The number of imidazole rings is 1. The number of rotatable bonds is 6. The number of halogens is 1. The van der Waals surface area contributed by atoms with E-state index >= 15 is 0 Å². The lowest BCUT2D eigenvalue weighted by Gasteiger charge is -2.22. The first-order valence-electron chi connectivity index (χ1n) is 9.43. The van der Waals surface area contributed by atoms with Gasteiger partial charge in [0.2, 0.25) is 5.95 Å². The minimum atomic E-state index is -0.476. The summed E-state index contributed by atoms with van der Waals surface area (Å²) >= 11 is 0. The molecule has 0 radical (unpaired) electrons. The van der Waals surface area contributed by atoms with Crippen LogP contribution < -0.4 is 10.6 Å². The average molecular weight is 401 g/mol. The molecule has 148 valence electrons. The van der Waals surface area contributed by atoms with Crippen molar-refractivity contribution in [2.24, 2.45) is 0 Å². The summed E-state index contributed by atoms with van der Waals surface area (Å²) in [5.74, 6) is 0.435. The Morgan fingerprint density at radius 3 is 2.75 bits per heavy atom. The van der Waals surface area contributed by atoms with Gasteiger partial charge in [0.05, 0.1) is 17.6 Å². The van der Waals surface area contributed by atoms with E-state index in [2.05, 4.69) is 44.5 Å². The van der Waals surface area contributed by atoms with Crippen LogP contribution in [-0.2, 0) is 22.5 Å². The van der Waals surface area contributed by atoms with Crippen molar-refractivity contribution in [3.8, 4) is 0 Å². The quantitative estimate of drug-likeness (QED) is 0.667. The predicted octanol–water partition coefficient (Wildman–Crippen LogP) is 3.02. The number of morpholine rings is 1. The molecule has 2 aromatic carbocycles. The molecule has 0 bridgehead atoms. The first-order chi connectivity index (χ1) is 13.3. The van der Waals surface area contributed by atoms with E-state index in [0.29, 0.717) is 19.1 Å². The lowest BCUT2D eigenvalue weighted by molar-refractivity contribution is -0.128. The number of aromatic nitrogens is 2. The number of hydrogen-bond donors (Lipinski definition) is 2. The molecule has 0 saturated carbocycles. The van der Waals surface area contributed by atoms with Crippen LogP contribution in [-0.4, -0.2) is 41.3 Å². The molecule has 4 rings (SSSR count). The van der Waals surface area contributed by atoms with Gasteiger partial charge in [0.25, 0.3) is 5.91 Å². The molecule has 2 N–H and O–H groups in total. The van der Waals surface area contributed by atoms with Crippen molar-refractivity contribution in [1.82, 2.24) is 14.9 Å². The number of para-hydroxylation sites is 2. The topological polar surface area (TPSA) is 68.2 Å². The molecule has 1 unspecified atom stereocenters. The fraction of sp³-hybridized carbons (Fsp3) is 0.333. The van der Waals surface area contributed by atoms with E-state index in [1.54, 1.807) is 0 Å². The number of amides is 1. The number of benzene rings is 2. The molecule has 1 fully saturated rings. The number of ether oxygens (including phenoxy) is 1. The van der Waals surface area contributed by atoms with Gasteiger partial charge in [0.15, 0.2) is 0 Å². The molecule has 7 heteroatoms. The number of anilines is 1. The minimum absolute atomic E-state index is 0. The molecule has 0 spiro atoms. The first-order valence-corrected chi connectivity index (χ1v) is 9.43. The highest BCUT2D eigenvalue weighted by Gasteiger charge is 2.23. The molecule has 1 aromatic heterocycles. The van der Waals surface area contributed by atoms with E-state index in [-0.39, 0.29) is 18.3 Å². The molecule has 1 atom stereocenters. The molecule has 1 saturated heterocycles. The van der Waals surface area contributed by atoms with Crippen LogP contribution >= 0.6 is 12.4 Å². The van der Waals surface area contributed by atoms with Crippen molar-refractivity contribution in [2.75, 3.05) is 25.0 Å². The van der Waals surface area contributed by atoms with Crippen LogP contribution in [0.4, 0.5) is 5.95 Å². The highest BCUT2D eigenvalue weighted by molar-refractivity contribution is 5.94. The molecule has 1 aliphatic rings. The Kier molecular flexibility index (Phi) is 7.03. The fourth-order valence-electron chi connectivity index (χ4n) is 3.41. The Labute approximate surface area is 170 Å². The molecule has 0 aliphatic carbocycles. The highest BCUT2D eigenvalue weighted by Crippen LogP contribution is 2.21. The molecular weight excluding hydrogens is 376 g/mol. The van der Waals surface area contributed by atoms with E-state index in [9.17, 15) is 4.79 Å². The molecule has 6 nitrogen and oxygen atoms in total. The highest BCUT2D eigenvalue weighted by atomic mass is 35.5. The standard InChI is InChI=1S/C21H24N4O2.ClH/c26-20(19-15-22-12-14-27-19)24-21-23-17-10-4-5-11-18(17)25(21)13-6-9-16-7-2-1-3-8-16;/h1-5,7-8,10-11,19,22H,6,9,12-15H2,(H,23,24,26);1H. The Morgan fingerprint density at radius 2 is 1.96 bits per heavy atom. The normalized spacial score (nSPS) is 16.5. The third-order valence-corrected chi connectivity index (χ3v) is 4.80. The largest absolute Gasteiger partial charge is 0.366 e. The van der Waals surface area contributed by atoms with Gasteiger partial charge in [0, 0.05) is 19.6 Å². The van der Waals surface area contributed by atoms with E-state index in [4.69, 9.17) is 4.74 Å². The van der Waals surface area contributed by atoms with Gasteiger partial charge in [-0.3, -0.25) is 10.1 Å². The number of carbonyl (C=O) groups excluding carboxylic acids is 1. The van der Waals surface area contributed by atoms with Crippen LogP contribution in [0.1, 0.15) is 12.0 Å². The Balaban J connectivity index is 0.00000225. The van der Waals surface area contributed by atoms with Crippen LogP contribution in [0.25, 0.3) is 11.0 Å². The summed E-state index contributed by atoms with van der Waals surface area (Å²) in [6.07, 6.45) is 1.47. The van der Waals surface area contributed by atoms with Crippen LogP contribution in [0.3, 0.4) is 0 Å². The van der Waals surface area contributed by atoms with E-state index in [0.717, 1.165) is 37.0 Å². The van der Waals surface area contributed by atoms with Gasteiger partial charge in [-0.25, -0.2) is 4.98 Å². The molecule has 1 aliphatic heterocycles. The molecular formula is C21H25ClN4O2. The van der Waals surface area contributed by atoms with Crippen molar-refractivity contribution >= 4 is 35.3 Å². The van der Waals surface area contributed by atoms with E-state index in [1.165, 1.54) is 5.56 Å². The van der Waals surface area contributed by atoms with E-state index in [1.807, 2.05) is 30.3 Å². The van der Waals surface area contributed by atoms with Crippen molar-refractivity contribution in [1.29, 1.82) is 0 Å². The zero-order chi connectivity index (χ0) is 18.5. The third kappa shape index (κ3) is 4.70. The van der Waals surface area contributed by atoms with Gasteiger partial charge in [-0.15, -0.1) is 12.4 Å². The van der Waals surface area contributed by atoms with E-state index < -0.39 is 6.10 Å². The van der Waals surface area contributed by atoms with Crippen molar-refractivity contribution in [2.45, 2.75) is 25.5 Å². The molecule has 2 heterocycles. The van der Waals surface area contributed by atoms with Gasteiger partial charge >= 0.3 is 0 Å². The lowest BCUT2D eigenvalue weighted by atomic mass is 10.1. The monoisotopic (exact) mass is 400 g/mol. The zero-order valence-corrected chi connectivity index (χ0v) is 16.5. The second kappa shape index (κ2) is 9.68. The second-order valence-electron chi connectivity index (χ2n) is 6.72. The van der Waals surface area contributed by atoms with Gasteiger partial charge in [-0.2, -0.15) is 0 Å². The maximum absolute atomic E-state index is 12.6. The fourth-order valence-corrected chi connectivity index (χ4v) is 3.41. The Morgan fingerprint density at radius 1 is 1.18 bits per heavy atom. The summed E-state index contributed by atoms with van der Waals surface area (Å²) in [4.78, 5) is 17.2. The Hall–Kier alpha value is -2.41. The van der Waals surface area contributed by atoms with Crippen molar-refractivity contribution < 1.29 is 9.53 Å². The summed E-state index contributed by atoms with van der Waals surface area (Å²) in [6, 6.07) is 18.4. The number of nitrogens with zero attached hydrogens (tertiary/aromatic N) is 2. The maximum atomic E-state index is 12.6. The lowest BCUT2D eigenvalue weighted by Crippen LogP contribution is -2.45. The maximum Gasteiger partial charge on any atom is 0.257 e. The summed E-state index contributed by atoms with van der Waals surface area (Å²) in [6.45, 7) is 2.64. The van der Waals surface area contributed by atoms with Crippen LogP contribution in [0, 0.1) is 0 Å². The van der Waals surface area contributed by atoms with Crippen molar-refractivity contribution in [3.63, 3.8) is 0 Å². The predicted molar refractivity (Wildman–Crippen MR) is 113 cm³/mol. The number of hydrogen-bond acceptors (Lipinski definition) is 4. The third-order valence-electron chi connectivity index (χ3n) is 4.80. The number of carbonyl (C=O) groups is 1. The van der Waals surface area contributed by atoms with Gasteiger partial charge in [-0.1, -0.05) is 42.5 Å². The summed E-state index contributed by atoms with van der Waals surface area (Å²) in [7, 11) is 0. The summed E-state index contributed by atoms with van der Waals surface area (Å²) in [5.41, 5.74) is 3.23. The van der Waals surface area contributed by atoms with Gasteiger partial charge in [0.1, 0.15) is 6.10 Å². The Bertz CT molecular complexity index is 907. The number of nitrogens with one attached hydrogen (secondary N) is 2. The second-order valence-corrected chi connectivity index (χ2v) is 6.72. The zero-order valence-electron chi connectivity index (χ0n) is 15.6. The van der Waals surface area contributed by atoms with Gasteiger partial charge < -0.3 is 14.6 Å². The van der Waals surface area contributed by atoms with Crippen LogP contribution in [0.2, 0.25) is 0 Å². The minimum Gasteiger partial charge on any atom is -0.366 e. The molecule has 1 amide bonds. The van der Waals surface area contributed by atoms with Crippen LogP contribution in [0.15, 0.2) is 54.6 Å². The van der Waals surface area contributed by atoms with Crippen molar-refractivity contribution in [3.05, 3.63) is 60.2 Å². The summed E-state index contributed by atoms with van der Waals surface area (Å²) < 4.78 is 7.64. The molecule has 3 aromatic rings. The van der Waals surface area contributed by atoms with Crippen LogP contribution in [0.5, 0.6) is 0 Å².